The molecule has 0 bridgehead atoms. The second-order valence-electron chi connectivity index (χ2n) is 5.10. The summed E-state index contributed by atoms with van der Waals surface area (Å²) < 4.78 is 1.04. The molecule has 1 aliphatic rings. The van der Waals surface area contributed by atoms with Crippen LogP contribution >= 0.6 is 0 Å². The Kier molecular flexibility index (Phi) is 3.94. The number of likely N-dealkylation sites (tertiary alicyclic amines) is 1. The van der Waals surface area contributed by atoms with Gasteiger partial charge in [-0.05, 0) is 13.3 Å². The van der Waals surface area contributed by atoms with Crippen molar-refractivity contribution in [1.29, 1.82) is 0 Å². The predicted molar refractivity (Wildman–Crippen MR) is 71.8 cm³/mol. The van der Waals surface area contributed by atoms with Gasteiger partial charge in [-0.2, -0.15) is 0 Å². The number of aromatic amines is 1. The van der Waals surface area contributed by atoms with Crippen molar-refractivity contribution in [2.75, 3.05) is 6.54 Å². The van der Waals surface area contributed by atoms with Gasteiger partial charge in [0.15, 0.2) is 0 Å². The molecule has 2 heterocycles. The Labute approximate surface area is 119 Å². The highest BCUT2D eigenvalue weighted by molar-refractivity contribution is 5.84. The maximum absolute atomic E-state index is 12.2. The zero-order valence-corrected chi connectivity index (χ0v) is 11.4. The lowest BCUT2D eigenvalue weighted by atomic mass is 10.2. The van der Waals surface area contributed by atoms with Gasteiger partial charge in [-0.25, -0.2) is 9.59 Å². The summed E-state index contributed by atoms with van der Waals surface area (Å²) in [7, 11) is 0. The zero-order valence-electron chi connectivity index (χ0n) is 11.4. The van der Waals surface area contributed by atoms with Crippen molar-refractivity contribution in [2.24, 2.45) is 5.73 Å². The van der Waals surface area contributed by atoms with Crippen LogP contribution in [0.4, 0.5) is 0 Å². The average Bonchev–Trinajstić information content (AvgIpc) is 2.78. The van der Waals surface area contributed by atoms with Crippen LogP contribution in [0.3, 0.4) is 0 Å². The molecule has 9 nitrogen and oxygen atoms in total. The molecular formula is C12H16N4O5. The van der Waals surface area contributed by atoms with E-state index < -0.39 is 35.2 Å². The molecule has 21 heavy (non-hydrogen) atoms. The number of nitrogens with one attached hydrogen (secondary N) is 1. The molecule has 1 aliphatic heterocycles. The largest absolute Gasteiger partial charge is 0.480 e. The highest BCUT2D eigenvalue weighted by Crippen LogP contribution is 2.17. The molecule has 114 valence electrons. The van der Waals surface area contributed by atoms with Crippen molar-refractivity contribution in [3.63, 3.8) is 0 Å². The van der Waals surface area contributed by atoms with Gasteiger partial charge in [-0.1, -0.05) is 0 Å². The third-order valence-electron chi connectivity index (χ3n) is 3.43. The van der Waals surface area contributed by atoms with E-state index in [1.54, 1.807) is 0 Å². The third-order valence-corrected chi connectivity index (χ3v) is 3.43. The SMILES string of the molecule is Cc1cn(CC(=O)N2C[C@@H](N)C[C@H]2C(=O)O)c(=O)[nH]c1=O. The van der Waals surface area contributed by atoms with E-state index in [2.05, 4.69) is 4.98 Å². The molecule has 2 rings (SSSR count). The lowest BCUT2D eigenvalue weighted by Crippen LogP contribution is -2.44. The molecule has 0 unspecified atom stereocenters. The summed E-state index contributed by atoms with van der Waals surface area (Å²) >= 11 is 0. The topological polar surface area (TPSA) is 138 Å². The van der Waals surface area contributed by atoms with Gasteiger partial charge in [0.2, 0.25) is 5.91 Å². The van der Waals surface area contributed by atoms with E-state index in [0.717, 1.165) is 9.47 Å². The second kappa shape index (κ2) is 5.52. The molecule has 2 atom stereocenters. The molecule has 0 saturated carbocycles. The fraction of sp³-hybridized carbons (Fsp3) is 0.500. The quantitative estimate of drug-likeness (QED) is 0.581. The van der Waals surface area contributed by atoms with Crippen LogP contribution in [0.1, 0.15) is 12.0 Å². The van der Waals surface area contributed by atoms with Gasteiger partial charge in [-0.3, -0.25) is 19.1 Å². The van der Waals surface area contributed by atoms with Crippen LogP contribution in [-0.4, -0.2) is 50.1 Å². The van der Waals surface area contributed by atoms with Crippen LogP contribution in [0.25, 0.3) is 0 Å². The Bertz CT molecular complexity index is 692. The number of aliphatic carboxylic acids is 1. The summed E-state index contributed by atoms with van der Waals surface area (Å²) in [6.07, 6.45) is 1.45. The zero-order chi connectivity index (χ0) is 15.7. The first kappa shape index (κ1) is 15.0. The van der Waals surface area contributed by atoms with Crippen molar-refractivity contribution in [2.45, 2.75) is 32.0 Å². The predicted octanol–water partition coefficient (Wildman–Crippen LogP) is -2.14. The highest BCUT2D eigenvalue weighted by atomic mass is 16.4. The van der Waals surface area contributed by atoms with E-state index in [9.17, 15) is 19.2 Å². The van der Waals surface area contributed by atoms with Gasteiger partial charge < -0.3 is 15.7 Å². The number of amides is 1. The maximum Gasteiger partial charge on any atom is 0.328 e. The van der Waals surface area contributed by atoms with Gasteiger partial charge in [0.05, 0.1) is 0 Å². The highest BCUT2D eigenvalue weighted by Gasteiger charge is 2.38. The first-order valence-electron chi connectivity index (χ1n) is 6.38. The summed E-state index contributed by atoms with van der Waals surface area (Å²) in [5.41, 5.74) is 4.74. The number of nitrogens with zero attached hydrogens (tertiary/aromatic N) is 2. The van der Waals surface area contributed by atoms with E-state index in [0.29, 0.717) is 0 Å². The molecule has 1 fully saturated rings. The van der Waals surface area contributed by atoms with Gasteiger partial charge >= 0.3 is 11.7 Å². The van der Waals surface area contributed by atoms with E-state index in [1.165, 1.54) is 13.1 Å². The summed E-state index contributed by atoms with van der Waals surface area (Å²) in [6.45, 7) is 1.30. The lowest BCUT2D eigenvalue weighted by molar-refractivity contribution is -0.148. The van der Waals surface area contributed by atoms with Crippen LogP contribution in [0.5, 0.6) is 0 Å². The number of carboxylic acids is 1. The van der Waals surface area contributed by atoms with Gasteiger partial charge in [0.1, 0.15) is 12.6 Å². The smallest absolute Gasteiger partial charge is 0.328 e. The summed E-state index contributed by atoms with van der Waals surface area (Å²) in [5, 5.41) is 9.09. The molecule has 4 N–H and O–H groups in total. The number of hydrogen-bond acceptors (Lipinski definition) is 5. The number of aryl methyl sites for hydroxylation is 1. The molecule has 0 aliphatic carbocycles. The fourth-order valence-electron chi connectivity index (χ4n) is 2.35. The van der Waals surface area contributed by atoms with Crippen molar-refractivity contribution in [1.82, 2.24) is 14.5 Å². The Morgan fingerprint density at radius 1 is 1.48 bits per heavy atom. The molecule has 1 amide bonds. The number of nitrogens with two attached hydrogens (primary N) is 1. The fourth-order valence-corrected chi connectivity index (χ4v) is 2.35. The van der Waals surface area contributed by atoms with Crippen LogP contribution in [0.15, 0.2) is 15.8 Å². The number of aromatic nitrogens is 2. The van der Waals surface area contributed by atoms with E-state index in [-0.39, 0.29) is 25.1 Å². The monoisotopic (exact) mass is 296 g/mol. The van der Waals surface area contributed by atoms with Crippen LogP contribution in [0.2, 0.25) is 0 Å². The van der Waals surface area contributed by atoms with Crippen molar-refractivity contribution in [3.8, 4) is 0 Å². The van der Waals surface area contributed by atoms with Crippen LogP contribution in [0, 0.1) is 6.92 Å². The van der Waals surface area contributed by atoms with Gasteiger partial charge in [0, 0.05) is 24.3 Å². The molecule has 9 heteroatoms. The molecule has 0 radical (unpaired) electrons. The molecule has 1 saturated heterocycles. The van der Waals surface area contributed by atoms with Crippen molar-refractivity contribution < 1.29 is 14.7 Å². The first-order chi connectivity index (χ1) is 9.79. The summed E-state index contributed by atoms with van der Waals surface area (Å²) in [6, 6.07) is -1.38. The van der Waals surface area contributed by atoms with Gasteiger partial charge in [-0.15, -0.1) is 0 Å². The normalized spacial score (nSPS) is 21.5. The second-order valence-corrected chi connectivity index (χ2v) is 5.10. The van der Waals surface area contributed by atoms with Crippen LogP contribution in [-0.2, 0) is 16.1 Å². The Morgan fingerprint density at radius 3 is 2.76 bits per heavy atom. The van der Waals surface area contributed by atoms with E-state index in [1.807, 2.05) is 0 Å². The molecule has 1 aromatic heterocycles. The number of carbonyl (C=O) groups excluding carboxylic acids is 1. The minimum atomic E-state index is -1.12. The standard InChI is InChI=1S/C12H16N4O5/c1-6-3-15(12(21)14-10(6)18)5-9(17)16-4-7(13)2-8(16)11(19)20/h3,7-8H,2,4-5,13H2,1H3,(H,19,20)(H,14,18,21)/t7-,8-/m0/s1. The van der Waals surface area contributed by atoms with E-state index >= 15 is 0 Å². The Morgan fingerprint density at radius 2 is 2.14 bits per heavy atom. The number of hydrogen-bond donors (Lipinski definition) is 3. The number of rotatable bonds is 3. The summed E-state index contributed by atoms with van der Waals surface area (Å²) in [4.78, 5) is 49.4. The Balaban J connectivity index is 2.22. The number of carbonyl (C=O) groups is 2. The summed E-state index contributed by atoms with van der Waals surface area (Å²) in [5.74, 6) is -1.65. The maximum atomic E-state index is 12.2. The molecule has 0 spiro atoms. The first-order valence-corrected chi connectivity index (χ1v) is 6.38. The van der Waals surface area contributed by atoms with Crippen LogP contribution < -0.4 is 17.0 Å². The van der Waals surface area contributed by atoms with E-state index in [4.69, 9.17) is 10.8 Å². The minimum Gasteiger partial charge on any atom is -0.480 e. The average molecular weight is 296 g/mol. The third kappa shape index (κ3) is 3.02. The Hall–Kier alpha value is -2.42. The molecular weight excluding hydrogens is 280 g/mol. The number of H-pyrrole nitrogens is 1. The van der Waals surface area contributed by atoms with Gasteiger partial charge in [0.25, 0.3) is 5.56 Å². The van der Waals surface area contributed by atoms with Crippen molar-refractivity contribution >= 4 is 11.9 Å². The van der Waals surface area contributed by atoms with Crippen molar-refractivity contribution in [3.05, 3.63) is 32.6 Å². The number of carboxylic acid groups (broad SMARTS) is 1. The minimum absolute atomic E-state index is 0.132. The lowest BCUT2D eigenvalue weighted by Gasteiger charge is -2.21. The molecule has 1 aromatic rings. The molecule has 0 aromatic carbocycles.